The molecule has 2 bridgehead atoms. The number of nitrogens with zero attached hydrogens (tertiary/aromatic N) is 3. The monoisotopic (exact) mass is 396 g/mol. The fourth-order valence-corrected chi connectivity index (χ4v) is 5.41. The Hall–Kier alpha value is -2.38. The molecule has 0 aliphatic carbocycles. The Bertz CT molecular complexity index is 943. The minimum Gasteiger partial charge on any atom is -0.459 e. The third kappa shape index (κ3) is 3.53. The first kappa shape index (κ1) is 18.6. The van der Waals surface area contributed by atoms with E-state index in [9.17, 15) is 9.59 Å². The third-order valence-corrected chi connectivity index (χ3v) is 6.82. The summed E-state index contributed by atoms with van der Waals surface area (Å²) in [4.78, 5) is 30.2. The normalized spacial score (nSPS) is 25.6. The highest BCUT2D eigenvalue weighted by atomic mass is 16.3. The predicted molar refractivity (Wildman–Crippen MR) is 110 cm³/mol. The fraction of sp³-hybridized carbons (Fsp3) is 0.545. The molecule has 3 aliphatic heterocycles. The minimum atomic E-state index is -0.276. The molecule has 7 nitrogen and oxygen atoms in total. The number of anilines is 1. The summed E-state index contributed by atoms with van der Waals surface area (Å²) in [7, 11) is 2.19. The lowest BCUT2D eigenvalue weighted by molar-refractivity contribution is 0.0519. The smallest absolute Gasteiger partial charge is 0.291 e. The third-order valence-electron chi connectivity index (χ3n) is 6.82. The van der Waals surface area contributed by atoms with Gasteiger partial charge in [0.25, 0.3) is 11.5 Å². The van der Waals surface area contributed by atoms with Gasteiger partial charge in [-0.2, -0.15) is 0 Å². The van der Waals surface area contributed by atoms with E-state index in [4.69, 9.17) is 4.42 Å². The summed E-state index contributed by atoms with van der Waals surface area (Å²) in [5.74, 6) is 0.763. The number of carbonyl (C=O) groups excluding carboxylic acids is 1. The Morgan fingerprint density at radius 1 is 1.14 bits per heavy atom. The Kier molecular flexibility index (Phi) is 4.80. The van der Waals surface area contributed by atoms with Crippen molar-refractivity contribution >= 4 is 11.6 Å². The van der Waals surface area contributed by atoms with Gasteiger partial charge in [0.15, 0.2) is 5.76 Å². The number of hydrogen-bond acceptors (Lipinski definition) is 5. The van der Waals surface area contributed by atoms with E-state index in [1.807, 2.05) is 4.57 Å². The molecule has 1 N–H and O–H groups in total. The fourth-order valence-electron chi connectivity index (χ4n) is 5.41. The molecule has 3 aliphatic rings. The van der Waals surface area contributed by atoms with E-state index in [0.29, 0.717) is 12.0 Å². The van der Waals surface area contributed by atoms with Gasteiger partial charge in [-0.1, -0.05) is 0 Å². The van der Waals surface area contributed by atoms with Crippen LogP contribution < -0.4 is 10.9 Å². The molecule has 2 atom stereocenters. The number of pyridine rings is 1. The molecule has 7 heteroatoms. The van der Waals surface area contributed by atoms with Gasteiger partial charge >= 0.3 is 0 Å². The summed E-state index contributed by atoms with van der Waals surface area (Å²) in [5.41, 5.74) is 1.74. The lowest BCUT2D eigenvalue weighted by Gasteiger charge is -2.47. The van der Waals surface area contributed by atoms with E-state index < -0.39 is 0 Å². The van der Waals surface area contributed by atoms with Gasteiger partial charge in [-0.15, -0.1) is 0 Å². The van der Waals surface area contributed by atoms with Crippen molar-refractivity contribution in [3.63, 3.8) is 0 Å². The number of piperidine rings is 2. The SMILES string of the molecule is CN1CCC(N2CC3CC(C2)c2c(NC(=O)c4ccco4)ccc(=O)n2C3)CC1. The summed E-state index contributed by atoms with van der Waals surface area (Å²) in [5, 5.41) is 2.99. The zero-order valence-corrected chi connectivity index (χ0v) is 16.8. The van der Waals surface area contributed by atoms with Crippen LogP contribution in [0.5, 0.6) is 0 Å². The maximum Gasteiger partial charge on any atom is 0.291 e. The molecule has 2 aromatic rings. The van der Waals surface area contributed by atoms with Crippen LogP contribution >= 0.6 is 0 Å². The summed E-state index contributed by atoms with van der Waals surface area (Å²) < 4.78 is 7.12. The standard InChI is InChI=1S/C22H28N4O3/c1-24-8-6-17(7-9-24)25-12-15-11-16(14-25)21-18(4-5-20(27)26(21)13-15)23-22(28)19-3-2-10-29-19/h2-5,10,15-17H,6-9,11-14H2,1H3,(H,23,28). The van der Waals surface area contributed by atoms with E-state index >= 15 is 0 Å². The highest BCUT2D eigenvalue weighted by Crippen LogP contribution is 2.40. The van der Waals surface area contributed by atoms with Crippen LogP contribution in [0.25, 0.3) is 0 Å². The average molecular weight is 396 g/mol. The lowest BCUT2D eigenvalue weighted by Crippen LogP contribution is -2.53. The van der Waals surface area contributed by atoms with Gasteiger partial charge in [-0.3, -0.25) is 14.5 Å². The molecule has 154 valence electrons. The molecule has 0 radical (unpaired) electrons. The van der Waals surface area contributed by atoms with Gasteiger partial charge in [0.2, 0.25) is 0 Å². The van der Waals surface area contributed by atoms with Crippen molar-refractivity contribution in [3.05, 3.63) is 52.3 Å². The molecule has 2 fully saturated rings. The van der Waals surface area contributed by atoms with Crippen LogP contribution in [0, 0.1) is 5.92 Å². The van der Waals surface area contributed by atoms with Crippen molar-refractivity contribution in [2.45, 2.75) is 37.8 Å². The Labute approximate surface area is 170 Å². The molecular formula is C22H28N4O3. The van der Waals surface area contributed by atoms with Gasteiger partial charge in [0.1, 0.15) is 0 Å². The molecule has 29 heavy (non-hydrogen) atoms. The first-order chi connectivity index (χ1) is 14.1. The highest BCUT2D eigenvalue weighted by molar-refractivity contribution is 6.02. The summed E-state index contributed by atoms with van der Waals surface area (Å²) >= 11 is 0. The van der Waals surface area contributed by atoms with Crippen molar-refractivity contribution in [1.29, 1.82) is 0 Å². The van der Waals surface area contributed by atoms with Crippen LogP contribution in [-0.2, 0) is 6.54 Å². The molecule has 2 saturated heterocycles. The molecule has 1 amide bonds. The van der Waals surface area contributed by atoms with Crippen LogP contribution in [0.2, 0.25) is 0 Å². The Morgan fingerprint density at radius 2 is 1.97 bits per heavy atom. The van der Waals surface area contributed by atoms with E-state index in [1.54, 1.807) is 24.3 Å². The second-order valence-corrected chi connectivity index (χ2v) is 8.80. The van der Waals surface area contributed by atoms with Crippen molar-refractivity contribution in [2.24, 2.45) is 5.92 Å². The Morgan fingerprint density at radius 3 is 2.72 bits per heavy atom. The number of furan rings is 1. The largest absolute Gasteiger partial charge is 0.459 e. The van der Waals surface area contributed by atoms with Crippen LogP contribution in [-0.4, -0.2) is 59.5 Å². The number of amides is 1. The topological polar surface area (TPSA) is 70.7 Å². The predicted octanol–water partition coefficient (Wildman–Crippen LogP) is 2.21. The summed E-state index contributed by atoms with van der Waals surface area (Å²) in [6, 6.07) is 7.29. The second kappa shape index (κ2) is 7.46. The number of nitrogens with one attached hydrogen (secondary N) is 1. The molecule has 2 unspecified atom stereocenters. The number of fused-ring (bicyclic) bond motifs is 4. The number of likely N-dealkylation sites (tertiary alicyclic amines) is 2. The van der Waals surface area contributed by atoms with Crippen LogP contribution in [0.1, 0.15) is 41.4 Å². The molecule has 0 saturated carbocycles. The number of hydrogen-bond donors (Lipinski definition) is 1. The van der Waals surface area contributed by atoms with Crippen LogP contribution in [0.3, 0.4) is 0 Å². The van der Waals surface area contributed by atoms with Crippen molar-refractivity contribution in [3.8, 4) is 0 Å². The van der Waals surface area contributed by atoms with Crippen LogP contribution in [0.15, 0.2) is 39.7 Å². The maximum atomic E-state index is 12.6. The van der Waals surface area contributed by atoms with Crippen molar-refractivity contribution in [2.75, 3.05) is 38.5 Å². The lowest BCUT2D eigenvalue weighted by atomic mass is 9.81. The van der Waals surface area contributed by atoms with Gasteiger partial charge < -0.3 is 19.2 Å². The maximum absolute atomic E-state index is 12.6. The minimum absolute atomic E-state index is 0.0263. The first-order valence-corrected chi connectivity index (χ1v) is 10.6. The molecule has 5 rings (SSSR count). The Balaban J connectivity index is 1.42. The van der Waals surface area contributed by atoms with Crippen molar-refractivity contribution < 1.29 is 9.21 Å². The van der Waals surface area contributed by atoms with Gasteiger partial charge in [0.05, 0.1) is 12.0 Å². The summed E-state index contributed by atoms with van der Waals surface area (Å²) in [6.07, 6.45) is 4.99. The number of carbonyl (C=O) groups is 1. The van der Waals surface area contributed by atoms with Crippen LogP contribution in [0.4, 0.5) is 5.69 Å². The number of rotatable bonds is 3. The molecule has 0 aromatic carbocycles. The average Bonchev–Trinajstić information content (AvgIpc) is 3.25. The van der Waals surface area contributed by atoms with Gasteiger partial charge in [-0.05, 0) is 63.5 Å². The van der Waals surface area contributed by atoms with E-state index in [0.717, 1.165) is 50.5 Å². The van der Waals surface area contributed by atoms with Gasteiger partial charge in [-0.25, -0.2) is 0 Å². The quantitative estimate of drug-likeness (QED) is 0.861. The molecule has 5 heterocycles. The highest BCUT2D eigenvalue weighted by Gasteiger charge is 2.39. The number of aromatic nitrogens is 1. The van der Waals surface area contributed by atoms with E-state index in [-0.39, 0.29) is 23.1 Å². The molecule has 0 spiro atoms. The molecule has 2 aromatic heterocycles. The molecular weight excluding hydrogens is 368 g/mol. The second-order valence-electron chi connectivity index (χ2n) is 8.80. The zero-order chi connectivity index (χ0) is 20.0. The summed E-state index contributed by atoms with van der Waals surface area (Å²) in [6.45, 7) is 5.06. The first-order valence-electron chi connectivity index (χ1n) is 10.6. The van der Waals surface area contributed by atoms with Crippen molar-refractivity contribution in [1.82, 2.24) is 14.4 Å². The van der Waals surface area contributed by atoms with E-state index in [2.05, 4.69) is 22.2 Å². The zero-order valence-electron chi connectivity index (χ0n) is 16.8. The van der Waals surface area contributed by atoms with E-state index in [1.165, 1.54) is 19.1 Å². The van der Waals surface area contributed by atoms with Gasteiger partial charge in [0, 0.05) is 43.4 Å².